The van der Waals surface area contributed by atoms with Crippen LogP contribution in [0.25, 0.3) is 0 Å². The number of carbonyl (C=O) groups excluding carboxylic acids is 1. The van der Waals surface area contributed by atoms with Crippen molar-refractivity contribution in [1.29, 1.82) is 0 Å². The zero-order valence-corrected chi connectivity index (χ0v) is 15.4. The van der Waals surface area contributed by atoms with Gasteiger partial charge >= 0.3 is 12.1 Å². The normalized spacial score (nSPS) is 11.8. The van der Waals surface area contributed by atoms with Crippen molar-refractivity contribution in [3.63, 3.8) is 0 Å². The highest BCUT2D eigenvalue weighted by Gasteiger charge is 2.29. The fourth-order valence-electron chi connectivity index (χ4n) is 2.66. The number of hydrogen-bond acceptors (Lipinski definition) is 3. The number of aryl methyl sites for hydroxylation is 1. The molecule has 0 saturated carbocycles. The Balaban J connectivity index is 1.96. The number of aromatic nitrogens is 2. The van der Waals surface area contributed by atoms with Gasteiger partial charge in [0.2, 0.25) is 0 Å². The molecule has 142 valence electrons. The molecule has 1 aromatic carbocycles. The predicted octanol–water partition coefficient (Wildman–Crippen LogP) is 4.46. The van der Waals surface area contributed by atoms with E-state index in [1.165, 1.54) is 12.1 Å². The summed E-state index contributed by atoms with van der Waals surface area (Å²) in [5.41, 5.74) is 2.34. The van der Waals surface area contributed by atoms with E-state index in [0.29, 0.717) is 11.5 Å². The smallest absolute Gasteiger partial charge is 0.416 e. The van der Waals surface area contributed by atoms with Crippen LogP contribution < -0.4 is 0 Å². The van der Waals surface area contributed by atoms with Crippen LogP contribution in [-0.2, 0) is 35.3 Å². The molecule has 0 aliphatic rings. The summed E-state index contributed by atoms with van der Waals surface area (Å²) in [7, 11) is 0. The van der Waals surface area contributed by atoms with Gasteiger partial charge in [-0.3, -0.25) is 9.48 Å². The number of ether oxygens (including phenoxy) is 1. The van der Waals surface area contributed by atoms with Gasteiger partial charge < -0.3 is 4.74 Å². The number of hydrogen-bond donors (Lipinski definition) is 0. The molecular weight excluding hydrogens is 345 g/mol. The molecule has 2 rings (SSSR count). The summed E-state index contributed by atoms with van der Waals surface area (Å²) in [6.07, 6.45) is -4.28. The topological polar surface area (TPSA) is 44.1 Å². The van der Waals surface area contributed by atoms with E-state index in [4.69, 9.17) is 4.74 Å². The van der Waals surface area contributed by atoms with E-state index in [-0.39, 0.29) is 13.0 Å². The number of alkyl halides is 3. The molecule has 0 amide bonds. The molecule has 0 fully saturated rings. The van der Waals surface area contributed by atoms with E-state index in [9.17, 15) is 18.0 Å². The number of benzene rings is 1. The van der Waals surface area contributed by atoms with Crippen LogP contribution >= 0.6 is 0 Å². The first-order valence-electron chi connectivity index (χ1n) is 8.42. The summed E-state index contributed by atoms with van der Waals surface area (Å²) >= 11 is 0. The zero-order chi connectivity index (χ0) is 19.5. The van der Waals surface area contributed by atoms with Crippen LogP contribution in [0.4, 0.5) is 13.2 Å². The molecule has 0 aliphatic heterocycles. The van der Waals surface area contributed by atoms with Crippen molar-refractivity contribution in [3.8, 4) is 0 Å². The number of rotatable bonds is 6. The van der Waals surface area contributed by atoms with E-state index in [1.807, 2.05) is 18.5 Å². The van der Waals surface area contributed by atoms with Crippen molar-refractivity contribution in [2.45, 2.75) is 53.4 Å². The van der Waals surface area contributed by atoms with Gasteiger partial charge in [-0.25, -0.2) is 0 Å². The molecular formula is C19H23F3N2O2. The number of esters is 1. The van der Waals surface area contributed by atoms with Crippen molar-refractivity contribution in [2.75, 3.05) is 0 Å². The van der Waals surface area contributed by atoms with Gasteiger partial charge in [-0.15, -0.1) is 0 Å². The SMILES string of the molecule is Cc1nn(CC(C)C)c(C)c1CC(=O)OCc1ccc(C(F)(F)F)cc1. The van der Waals surface area contributed by atoms with Gasteiger partial charge in [-0.1, -0.05) is 26.0 Å². The van der Waals surface area contributed by atoms with Gasteiger partial charge in [0.15, 0.2) is 0 Å². The predicted molar refractivity (Wildman–Crippen MR) is 91.5 cm³/mol. The second-order valence-corrected chi connectivity index (χ2v) is 6.76. The van der Waals surface area contributed by atoms with E-state index in [2.05, 4.69) is 18.9 Å². The lowest BCUT2D eigenvalue weighted by atomic mass is 10.1. The molecule has 0 N–H and O–H groups in total. The van der Waals surface area contributed by atoms with Crippen LogP contribution in [0.1, 0.15) is 41.9 Å². The Bertz CT molecular complexity index is 762. The number of nitrogens with zero attached hydrogens (tertiary/aromatic N) is 2. The van der Waals surface area contributed by atoms with Crippen LogP contribution in [0.3, 0.4) is 0 Å². The third-order valence-corrected chi connectivity index (χ3v) is 4.07. The van der Waals surface area contributed by atoms with E-state index < -0.39 is 17.7 Å². The molecule has 0 bridgehead atoms. The summed E-state index contributed by atoms with van der Waals surface area (Å²) in [6.45, 7) is 8.66. The molecule has 0 atom stereocenters. The quantitative estimate of drug-likeness (QED) is 0.707. The molecule has 0 unspecified atom stereocenters. The fraction of sp³-hybridized carbons (Fsp3) is 0.474. The molecule has 26 heavy (non-hydrogen) atoms. The lowest BCUT2D eigenvalue weighted by Crippen LogP contribution is -2.11. The summed E-state index contributed by atoms with van der Waals surface area (Å²) in [4.78, 5) is 12.1. The van der Waals surface area contributed by atoms with Gasteiger partial charge in [0, 0.05) is 17.8 Å². The first-order chi connectivity index (χ1) is 12.1. The van der Waals surface area contributed by atoms with Gasteiger partial charge in [-0.05, 0) is 37.5 Å². The lowest BCUT2D eigenvalue weighted by Gasteiger charge is -2.09. The standard InChI is InChI=1S/C19H23F3N2O2/c1-12(2)10-24-14(4)17(13(3)23-24)9-18(25)26-11-15-5-7-16(8-6-15)19(20,21)22/h5-8,12H,9-11H2,1-4H3. The lowest BCUT2D eigenvalue weighted by molar-refractivity contribution is -0.144. The summed E-state index contributed by atoms with van der Waals surface area (Å²) in [5.74, 6) is 0.00710. The van der Waals surface area contributed by atoms with E-state index in [0.717, 1.165) is 35.6 Å². The minimum Gasteiger partial charge on any atom is -0.461 e. The van der Waals surface area contributed by atoms with Crippen LogP contribution in [-0.4, -0.2) is 15.7 Å². The van der Waals surface area contributed by atoms with Gasteiger partial charge in [0.1, 0.15) is 6.61 Å². The summed E-state index contributed by atoms with van der Waals surface area (Å²) in [5, 5.41) is 4.46. The molecule has 0 saturated heterocycles. The van der Waals surface area contributed by atoms with Crippen molar-refractivity contribution >= 4 is 5.97 Å². The average molecular weight is 368 g/mol. The molecule has 2 aromatic rings. The van der Waals surface area contributed by atoms with Crippen LogP contribution in [0, 0.1) is 19.8 Å². The minimum absolute atomic E-state index is 0.0603. The Hall–Kier alpha value is -2.31. The fourth-order valence-corrected chi connectivity index (χ4v) is 2.66. The molecule has 0 radical (unpaired) electrons. The Kier molecular flexibility index (Phi) is 6.10. The average Bonchev–Trinajstić information content (AvgIpc) is 2.79. The van der Waals surface area contributed by atoms with Gasteiger partial charge in [0.25, 0.3) is 0 Å². The van der Waals surface area contributed by atoms with E-state index >= 15 is 0 Å². The second kappa shape index (κ2) is 7.93. The highest BCUT2D eigenvalue weighted by atomic mass is 19.4. The summed E-state index contributed by atoms with van der Waals surface area (Å²) in [6, 6.07) is 4.58. The minimum atomic E-state index is -4.37. The first-order valence-corrected chi connectivity index (χ1v) is 8.42. The molecule has 4 nitrogen and oxygen atoms in total. The first kappa shape index (κ1) is 20.0. The Labute approximate surface area is 151 Å². The molecule has 0 aliphatic carbocycles. The highest BCUT2D eigenvalue weighted by Crippen LogP contribution is 2.29. The van der Waals surface area contributed by atoms with Crippen molar-refractivity contribution in [3.05, 3.63) is 52.3 Å². The molecule has 1 heterocycles. The maximum Gasteiger partial charge on any atom is 0.416 e. The Morgan fingerprint density at radius 1 is 1.19 bits per heavy atom. The number of halogens is 3. The van der Waals surface area contributed by atoms with Gasteiger partial charge in [-0.2, -0.15) is 18.3 Å². The van der Waals surface area contributed by atoms with Crippen LogP contribution in [0.15, 0.2) is 24.3 Å². The van der Waals surface area contributed by atoms with Gasteiger partial charge in [0.05, 0.1) is 17.7 Å². The maximum absolute atomic E-state index is 12.5. The van der Waals surface area contributed by atoms with Crippen molar-refractivity contribution in [1.82, 2.24) is 9.78 Å². The van der Waals surface area contributed by atoms with Crippen molar-refractivity contribution < 1.29 is 22.7 Å². The molecule has 7 heteroatoms. The number of carbonyl (C=O) groups is 1. The molecule has 1 aromatic heterocycles. The zero-order valence-electron chi connectivity index (χ0n) is 15.4. The third kappa shape index (κ3) is 5.09. The summed E-state index contributed by atoms with van der Waals surface area (Å²) < 4.78 is 44.7. The van der Waals surface area contributed by atoms with Crippen molar-refractivity contribution in [2.24, 2.45) is 5.92 Å². The Morgan fingerprint density at radius 2 is 1.81 bits per heavy atom. The third-order valence-electron chi connectivity index (χ3n) is 4.07. The van der Waals surface area contributed by atoms with Crippen LogP contribution in [0.5, 0.6) is 0 Å². The highest BCUT2D eigenvalue weighted by molar-refractivity contribution is 5.73. The Morgan fingerprint density at radius 3 is 2.35 bits per heavy atom. The second-order valence-electron chi connectivity index (χ2n) is 6.76. The monoisotopic (exact) mass is 368 g/mol. The largest absolute Gasteiger partial charge is 0.461 e. The molecule has 0 spiro atoms. The van der Waals surface area contributed by atoms with E-state index in [1.54, 1.807) is 0 Å². The van der Waals surface area contributed by atoms with Crippen LogP contribution in [0.2, 0.25) is 0 Å². The maximum atomic E-state index is 12.5.